The molecule has 0 bridgehead atoms. The van der Waals surface area contributed by atoms with Crippen LogP contribution in [-0.2, 0) is 14.8 Å². The molecule has 1 aliphatic rings. The van der Waals surface area contributed by atoms with E-state index in [0.29, 0.717) is 30.1 Å². The summed E-state index contributed by atoms with van der Waals surface area (Å²) in [6.45, 7) is 6.08. The minimum Gasteiger partial charge on any atom is -0.493 e. The van der Waals surface area contributed by atoms with Crippen LogP contribution in [0.1, 0.15) is 43.5 Å². The average Bonchev–Trinajstić information content (AvgIpc) is 3.35. The number of primary amides is 1. The van der Waals surface area contributed by atoms with Crippen LogP contribution in [0.3, 0.4) is 0 Å². The Morgan fingerprint density at radius 1 is 1.06 bits per heavy atom. The number of rotatable bonds is 11. The molecule has 0 unspecified atom stereocenters. The van der Waals surface area contributed by atoms with Crippen LogP contribution in [0.15, 0.2) is 47.4 Å². The molecule has 0 aromatic heterocycles. The van der Waals surface area contributed by atoms with Gasteiger partial charge in [0.15, 0.2) is 0 Å². The molecule has 2 amide bonds. The molecule has 3 N–H and O–H groups in total. The lowest BCUT2D eigenvalue weighted by atomic mass is 10.1. The van der Waals surface area contributed by atoms with E-state index in [4.69, 9.17) is 10.5 Å². The number of nitrogens with zero attached hydrogens (tertiary/aromatic N) is 2. The summed E-state index contributed by atoms with van der Waals surface area (Å²) in [6.07, 6.45) is 2.17. The van der Waals surface area contributed by atoms with Crippen LogP contribution in [0.4, 0.5) is 11.4 Å². The van der Waals surface area contributed by atoms with E-state index >= 15 is 0 Å². The Kier molecular flexibility index (Phi) is 8.51. The Morgan fingerprint density at radius 2 is 1.71 bits per heavy atom. The van der Waals surface area contributed by atoms with Crippen molar-refractivity contribution in [3.8, 4) is 5.75 Å². The first-order chi connectivity index (χ1) is 16.3. The SMILES string of the molecule is CCN(CC)S(=O)(=O)c1ccc(N2CCCC2)c(C(=O)Nc2ccc(OCCC(N)=O)cc2)c1. The minimum atomic E-state index is -3.71. The number of amides is 2. The van der Waals surface area contributed by atoms with E-state index in [1.54, 1.807) is 50.2 Å². The van der Waals surface area contributed by atoms with Crippen molar-refractivity contribution in [3.05, 3.63) is 48.0 Å². The fourth-order valence-corrected chi connectivity index (χ4v) is 5.39. The predicted octanol–water partition coefficient (Wildman–Crippen LogP) is 2.82. The lowest BCUT2D eigenvalue weighted by Gasteiger charge is -2.23. The van der Waals surface area contributed by atoms with Crippen molar-refractivity contribution >= 4 is 33.2 Å². The Balaban J connectivity index is 1.85. The maximum absolute atomic E-state index is 13.3. The van der Waals surface area contributed by atoms with Crippen LogP contribution in [0.2, 0.25) is 0 Å². The molecule has 9 nitrogen and oxygen atoms in total. The summed E-state index contributed by atoms with van der Waals surface area (Å²) in [4.78, 5) is 26.3. The van der Waals surface area contributed by atoms with Crippen molar-refractivity contribution < 1.29 is 22.7 Å². The Labute approximate surface area is 200 Å². The highest BCUT2D eigenvalue weighted by Gasteiger charge is 2.26. The normalized spacial score (nSPS) is 13.8. The van der Waals surface area contributed by atoms with Gasteiger partial charge in [-0.15, -0.1) is 0 Å². The summed E-state index contributed by atoms with van der Waals surface area (Å²) >= 11 is 0. The number of anilines is 2. The largest absolute Gasteiger partial charge is 0.493 e. The number of hydrogen-bond acceptors (Lipinski definition) is 6. The molecule has 1 saturated heterocycles. The summed E-state index contributed by atoms with van der Waals surface area (Å²) in [7, 11) is -3.71. The highest BCUT2D eigenvalue weighted by Crippen LogP contribution is 2.29. The second kappa shape index (κ2) is 11.3. The number of carbonyl (C=O) groups excluding carboxylic acids is 2. The quantitative estimate of drug-likeness (QED) is 0.502. The molecular formula is C24H32N4O5S. The molecule has 0 aliphatic carbocycles. The molecule has 0 atom stereocenters. The summed E-state index contributed by atoms with van der Waals surface area (Å²) in [6, 6.07) is 11.5. The number of sulfonamides is 1. The summed E-state index contributed by atoms with van der Waals surface area (Å²) in [5.74, 6) is -0.284. The van der Waals surface area contributed by atoms with E-state index in [0.717, 1.165) is 31.6 Å². The number of hydrogen-bond donors (Lipinski definition) is 2. The van der Waals surface area contributed by atoms with Crippen LogP contribution < -0.4 is 20.7 Å². The van der Waals surface area contributed by atoms with Crippen LogP contribution in [0, 0.1) is 0 Å². The maximum Gasteiger partial charge on any atom is 0.257 e. The van der Waals surface area contributed by atoms with E-state index < -0.39 is 15.9 Å². The monoisotopic (exact) mass is 488 g/mol. The van der Waals surface area contributed by atoms with Crippen molar-refractivity contribution in [2.45, 2.75) is 38.0 Å². The first kappa shape index (κ1) is 25.5. The number of ether oxygens (including phenoxy) is 1. The van der Waals surface area contributed by atoms with Gasteiger partial charge in [-0.05, 0) is 55.3 Å². The van der Waals surface area contributed by atoms with Gasteiger partial charge in [-0.3, -0.25) is 9.59 Å². The number of carbonyl (C=O) groups is 2. The molecule has 3 rings (SSSR count). The molecule has 34 heavy (non-hydrogen) atoms. The topological polar surface area (TPSA) is 122 Å². The van der Waals surface area contributed by atoms with Crippen molar-refractivity contribution in [1.82, 2.24) is 4.31 Å². The Hall–Kier alpha value is -3.11. The standard InChI is InChI=1S/C24H32N4O5S/c1-3-28(4-2)34(31,32)20-11-12-22(27-14-5-6-15-27)21(17-20)24(30)26-18-7-9-19(10-8-18)33-16-13-23(25)29/h7-12,17H,3-6,13-16H2,1-2H3,(H2,25,29)(H,26,30). The van der Waals surface area contributed by atoms with E-state index in [1.165, 1.54) is 10.4 Å². The van der Waals surface area contributed by atoms with Crippen LogP contribution in [0.5, 0.6) is 5.75 Å². The third kappa shape index (κ3) is 6.06. The predicted molar refractivity (Wildman–Crippen MR) is 132 cm³/mol. The number of benzene rings is 2. The summed E-state index contributed by atoms with van der Waals surface area (Å²) in [5.41, 5.74) is 6.69. The van der Waals surface area contributed by atoms with Gasteiger partial charge in [0.2, 0.25) is 15.9 Å². The molecule has 2 aromatic rings. The van der Waals surface area contributed by atoms with Gasteiger partial charge in [0.05, 0.1) is 23.5 Å². The third-order valence-corrected chi connectivity index (χ3v) is 7.78. The zero-order valence-corrected chi connectivity index (χ0v) is 20.4. The van der Waals surface area contributed by atoms with E-state index in [9.17, 15) is 18.0 Å². The van der Waals surface area contributed by atoms with Gasteiger partial charge >= 0.3 is 0 Å². The average molecular weight is 489 g/mol. The zero-order valence-electron chi connectivity index (χ0n) is 19.6. The fraction of sp³-hybridized carbons (Fsp3) is 0.417. The minimum absolute atomic E-state index is 0.0995. The van der Waals surface area contributed by atoms with Gasteiger partial charge in [-0.25, -0.2) is 8.42 Å². The van der Waals surface area contributed by atoms with E-state index in [1.807, 2.05) is 0 Å². The lowest BCUT2D eigenvalue weighted by molar-refractivity contribution is -0.118. The molecule has 10 heteroatoms. The summed E-state index contributed by atoms with van der Waals surface area (Å²) < 4.78 is 33.0. The van der Waals surface area contributed by atoms with Crippen molar-refractivity contribution in [3.63, 3.8) is 0 Å². The molecule has 2 aromatic carbocycles. The van der Waals surface area contributed by atoms with Crippen LogP contribution >= 0.6 is 0 Å². The lowest BCUT2D eigenvalue weighted by Crippen LogP contribution is -2.31. The molecule has 184 valence electrons. The van der Waals surface area contributed by atoms with E-state index in [2.05, 4.69) is 10.2 Å². The van der Waals surface area contributed by atoms with Gasteiger partial charge in [0, 0.05) is 37.6 Å². The van der Waals surface area contributed by atoms with Crippen molar-refractivity contribution in [2.24, 2.45) is 5.73 Å². The van der Waals surface area contributed by atoms with Gasteiger partial charge in [-0.2, -0.15) is 4.31 Å². The van der Waals surface area contributed by atoms with Crippen molar-refractivity contribution in [1.29, 1.82) is 0 Å². The Morgan fingerprint density at radius 3 is 2.29 bits per heavy atom. The van der Waals surface area contributed by atoms with Crippen LogP contribution in [-0.4, -0.2) is 57.3 Å². The van der Waals surface area contributed by atoms with Crippen LogP contribution in [0.25, 0.3) is 0 Å². The molecular weight excluding hydrogens is 456 g/mol. The fourth-order valence-electron chi connectivity index (χ4n) is 3.91. The molecule has 1 fully saturated rings. The first-order valence-corrected chi connectivity index (χ1v) is 12.9. The second-order valence-electron chi connectivity index (χ2n) is 8.01. The second-order valence-corrected chi connectivity index (χ2v) is 9.94. The summed E-state index contributed by atoms with van der Waals surface area (Å²) in [5, 5.41) is 2.86. The smallest absolute Gasteiger partial charge is 0.257 e. The maximum atomic E-state index is 13.3. The van der Waals surface area contributed by atoms with Gasteiger partial charge < -0.3 is 20.7 Å². The zero-order chi connectivity index (χ0) is 24.7. The molecule has 1 heterocycles. The number of nitrogens with two attached hydrogens (primary N) is 1. The third-order valence-electron chi connectivity index (χ3n) is 5.73. The highest BCUT2D eigenvalue weighted by atomic mass is 32.2. The molecule has 0 spiro atoms. The molecule has 0 saturated carbocycles. The molecule has 1 aliphatic heterocycles. The van der Waals surface area contributed by atoms with Gasteiger partial charge in [0.25, 0.3) is 5.91 Å². The van der Waals surface area contributed by atoms with E-state index in [-0.39, 0.29) is 23.8 Å². The first-order valence-electron chi connectivity index (χ1n) is 11.5. The Bertz CT molecular complexity index is 1110. The van der Waals surface area contributed by atoms with Gasteiger partial charge in [-0.1, -0.05) is 13.8 Å². The van der Waals surface area contributed by atoms with Gasteiger partial charge in [0.1, 0.15) is 5.75 Å². The number of nitrogens with one attached hydrogen (secondary N) is 1. The highest BCUT2D eigenvalue weighted by molar-refractivity contribution is 7.89. The van der Waals surface area contributed by atoms with Crippen molar-refractivity contribution in [2.75, 3.05) is 43.0 Å². The molecule has 0 radical (unpaired) electrons.